The fraction of sp³-hybridized carbons (Fsp3) is 0.238. The maximum Gasteiger partial charge on any atom is 0.134 e. The Morgan fingerprint density at radius 3 is 2.20 bits per heavy atom. The molecule has 0 amide bonds. The summed E-state index contributed by atoms with van der Waals surface area (Å²) in [5.74, 6) is 1.85. The van der Waals surface area contributed by atoms with Gasteiger partial charge in [0.15, 0.2) is 0 Å². The van der Waals surface area contributed by atoms with Crippen molar-refractivity contribution in [3.05, 3.63) is 82.0 Å². The first kappa shape index (κ1) is 17.9. The monoisotopic (exact) mass is 398 g/mol. The van der Waals surface area contributed by atoms with E-state index in [-0.39, 0.29) is 0 Å². The van der Waals surface area contributed by atoms with Crippen LogP contribution in [-0.4, -0.2) is 19.0 Å². The number of furan rings is 1. The van der Waals surface area contributed by atoms with Crippen LogP contribution in [0.25, 0.3) is 11.3 Å². The molecule has 130 valence electrons. The predicted octanol–water partition coefficient (Wildman–Crippen LogP) is 5.06. The van der Waals surface area contributed by atoms with Gasteiger partial charge in [-0.15, -0.1) is 0 Å². The SMILES string of the molecule is CN(C)Cc1ccc(CNCc2ccc(-c3ccc(Br)cc3)o2)cc1. The number of halogens is 1. The van der Waals surface area contributed by atoms with Gasteiger partial charge >= 0.3 is 0 Å². The number of hydrogen-bond donors (Lipinski definition) is 1. The highest BCUT2D eigenvalue weighted by Gasteiger charge is 2.05. The van der Waals surface area contributed by atoms with Crippen molar-refractivity contribution in [3.8, 4) is 11.3 Å². The van der Waals surface area contributed by atoms with Gasteiger partial charge in [0, 0.05) is 23.1 Å². The Morgan fingerprint density at radius 1 is 0.840 bits per heavy atom. The molecule has 3 rings (SSSR count). The molecular formula is C21H23BrN2O. The zero-order valence-corrected chi connectivity index (χ0v) is 16.2. The van der Waals surface area contributed by atoms with Gasteiger partial charge in [-0.1, -0.05) is 52.3 Å². The third kappa shape index (κ3) is 5.30. The van der Waals surface area contributed by atoms with E-state index in [0.29, 0.717) is 0 Å². The highest BCUT2D eigenvalue weighted by molar-refractivity contribution is 9.10. The first-order valence-corrected chi connectivity index (χ1v) is 9.17. The molecule has 25 heavy (non-hydrogen) atoms. The van der Waals surface area contributed by atoms with Crippen molar-refractivity contribution < 1.29 is 4.42 Å². The molecular weight excluding hydrogens is 376 g/mol. The van der Waals surface area contributed by atoms with Crippen molar-refractivity contribution in [1.82, 2.24) is 10.2 Å². The zero-order chi connectivity index (χ0) is 17.6. The van der Waals surface area contributed by atoms with E-state index in [2.05, 4.69) is 76.6 Å². The van der Waals surface area contributed by atoms with Gasteiger partial charge in [-0.2, -0.15) is 0 Å². The van der Waals surface area contributed by atoms with Crippen LogP contribution in [0.3, 0.4) is 0 Å². The van der Waals surface area contributed by atoms with Gasteiger partial charge in [0.05, 0.1) is 6.54 Å². The maximum atomic E-state index is 5.93. The summed E-state index contributed by atoms with van der Waals surface area (Å²) in [5.41, 5.74) is 3.70. The molecule has 4 heteroatoms. The Labute approximate surface area is 157 Å². The summed E-state index contributed by atoms with van der Waals surface area (Å²) in [5, 5.41) is 3.44. The van der Waals surface area contributed by atoms with Gasteiger partial charge in [0.25, 0.3) is 0 Å². The molecule has 0 aliphatic heterocycles. The molecule has 0 spiro atoms. The lowest BCUT2D eigenvalue weighted by Crippen LogP contribution is -2.13. The van der Waals surface area contributed by atoms with Crippen LogP contribution in [0.1, 0.15) is 16.9 Å². The minimum atomic E-state index is 0.718. The summed E-state index contributed by atoms with van der Waals surface area (Å²) in [6.45, 7) is 2.52. The van der Waals surface area contributed by atoms with Gasteiger partial charge in [0.1, 0.15) is 11.5 Å². The molecule has 3 aromatic rings. The van der Waals surface area contributed by atoms with Crippen molar-refractivity contribution in [2.75, 3.05) is 14.1 Å². The Morgan fingerprint density at radius 2 is 1.52 bits per heavy atom. The van der Waals surface area contributed by atoms with Gasteiger partial charge in [-0.05, 0) is 49.5 Å². The average Bonchev–Trinajstić information content (AvgIpc) is 3.05. The van der Waals surface area contributed by atoms with Crippen molar-refractivity contribution in [2.24, 2.45) is 0 Å². The third-order valence-corrected chi connectivity index (χ3v) is 4.47. The zero-order valence-electron chi connectivity index (χ0n) is 14.6. The van der Waals surface area contributed by atoms with E-state index in [0.717, 1.165) is 41.2 Å². The fourth-order valence-corrected chi connectivity index (χ4v) is 2.96. The maximum absolute atomic E-state index is 5.93. The van der Waals surface area contributed by atoms with E-state index in [1.807, 2.05) is 24.3 Å². The van der Waals surface area contributed by atoms with E-state index in [1.165, 1.54) is 11.1 Å². The Balaban J connectivity index is 1.51. The third-order valence-electron chi connectivity index (χ3n) is 3.94. The van der Waals surface area contributed by atoms with Crippen LogP contribution in [0.4, 0.5) is 0 Å². The molecule has 1 aromatic heterocycles. The molecule has 2 aromatic carbocycles. The van der Waals surface area contributed by atoms with Crippen LogP contribution in [0.2, 0.25) is 0 Å². The molecule has 0 bridgehead atoms. The molecule has 0 saturated carbocycles. The Bertz CT molecular complexity index is 792. The normalized spacial score (nSPS) is 11.2. The van der Waals surface area contributed by atoms with Gasteiger partial charge in [-0.25, -0.2) is 0 Å². The second-order valence-electron chi connectivity index (χ2n) is 6.43. The largest absolute Gasteiger partial charge is 0.460 e. The lowest BCUT2D eigenvalue weighted by atomic mass is 10.1. The second-order valence-corrected chi connectivity index (χ2v) is 7.35. The van der Waals surface area contributed by atoms with Gasteiger partial charge in [-0.3, -0.25) is 0 Å². The molecule has 0 atom stereocenters. The number of nitrogens with one attached hydrogen (secondary N) is 1. The first-order valence-electron chi connectivity index (χ1n) is 8.38. The lowest BCUT2D eigenvalue weighted by Gasteiger charge is -2.10. The van der Waals surface area contributed by atoms with Crippen molar-refractivity contribution in [3.63, 3.8) is 0 Å². The van der Waals surface area contributed by atoms with Crippen LogP contribution in [0.15, 0.2) is 69.6 Å². The van der Waals surface area contributed by atoms with E-state index in [1.54, 1.807) is 0 Å². The molecule has 0 radical (unpaired) electrons. The first-order chi connectivity index (χ1) is 12.1. The number of benzene rings is 2. The van der Waals surface area contributed by atoms with Gasteiger partial charge < -0.3 is 14.6 Å². The topological polar surface area (TPSA) is 28.4 Å². The minimum Gasteiger partial charge on any atom is -0.460 e. The van der Waals surface area contributed by atoms with Crippen LogP contribution in [-0.2, 0) is 19.6 Å². The number of rotatable bonds is 7. The molecule has 3 nitrogen and oxygen atoms in total. The number of hydrogen-bond acceptors (Lipinski definition) is 3. The average molecular weight is 399 g/mol. The molecule has 1 heterocycles. The summed E-state index contributed by atoms with van der Waals surface area (Å²) in [6, 6.07) is 20.9. The predicted molar refractivity (Wildman–Crippen MR) is 106 cm³/mol. The molecule has 0 unspecified atom stereocenters. The van der Waals surface area contributed by atoms with Crippen LogP contribution in [0.5, 0.6) is 0 Å². The standard InChI is InChI=1S/C21H23BrN2O/c1-24(2)15-17-5-3-16(4-6-17)13-23-14-20-11-12-21(25-20)18-7-9-19(22)10-8-18/h3-12,23H,13-15H2,1-2H3. The van der Waals surface area contributed by atoms with Crippen molar-refractivity contribution in [2.45, 2.75) is 19.6 Å². The second kappa shape index (κ2) is 8.48. The summed E-state index contributed by atoms with van der Waals surface area (Å²) in [7, 11) is 4.17. The summed E-state index contributed by atoms with van der Waals surface area (Å²) in [4.78, 5) is 2.17. The quantitative estimate of drug-likeness (QED) is 0.602. The highest BCUT2D eigenvalue weighted by atomic mass is 79.9. The Kier molecular flexibility index (Phi) is 6.08. The molecule has 0 aliphatic carbocycles. The van der Waals surface area contributed by atoms with E-state index in [9.17, 15) is 0 Å². The number of nitrogens with zero attached hydrogens (tertiary/aromatic N) is 1. The summed E-state index contributed by atoms with van der Waals surface area (Å²) < 4.78 is 7.00. The van der Waals surface area contributed by atoms with Gasteiger partial charge in [0.2, 0.25) is 0 Å². The van der Waals surface area contributed by atoms with Crippen LogP contribution < -0.4 is 5.32 Å². The Hall–Kier alpha value is -1.88. The van der Waals surface area contributed by atoms with E-state index in [4.69, 9.17) is 4.42 Å². The highest BCUT2D eigenvalue weighted by Crippen LogP contribution is 2.24. The van der Waals surface area contributed by atoms with Crippen LogP contribution >= 0.6 is 15.9 Å². The van der Waals surface area contributed by atoms with Crippen molar-refractivity contribution >= 4 is 15.9 Å². The fourth-order valence-electron chi connectivity index (χ4n) is 2.70. The molecule has 0 saturated heterocycles. The molecule has 1 N–H and O–H groups in total. The smallest absolute Gasteiger partial charge is 0.134 e. The summed E-state index contributed by atoms with van der Waals surface area (Å²) >= 11 is 3.45. The summed E-state index contributed by atoms with van der Waals surface area (Å²) in [6.07, 6.45) is 0. The molecule has 0 fully saturated rings. The lowest BCUT2D eigenvalue weighted by molar-refractivity contribution is 0.402. The van der Waals surface area contributed by atoms with Crippen LogP contribution in [0, 0.1) is 0 Å². The van der Waals surface area contributed by atoms with E-state index >= 15 is 0 Å². The van der Waals surface area contributed by atoms with E-state index < -0.39 is 0 Å². The molecule has 0 aliphatic rings. The minimum absolute atomic E-state index is 0.718. The van der Waals surface area contributed by atoms with Crippen molar-refractivity contribution in [1.29, 1.82) is 0 Å².